The van der Waals surface area contributed by atoms with Crippen LogP contribution in [0.25, 0.3) is 0 Å². The van der Waals surface area contributed by atoms with Crippen LogP contribution in [0.1, 0.15) is 117 Å². The van der Waals surface area contributed by atoms with Crippen LogP contribution in [0.3, 0.4) is 0 Å². The van der Waals surface area contributed by atoms with Crippen LogP contribution in [0, 0.1) is 0 Å². The van der Waals surface area contributed by atoms with Crippen LogP contribution in [0.2, 0.25) is 0 Å². The second-order valence-corrected chi connectivity index (χ2v) is 15.5. The number of benzene rings is 2. The molecule has 43 heavy (non-hydrogen) atoms. The van der Waals surface area contributed by atoms with E-state index in [4.69, 9.17) is 9.47 Å². The SMILES string of the molecule is CC(C)(C)c1cc(CCC(=O)OC2CC(C)(C)N(CCOC(=O)CCc3ccccc3)C(C)(C)C2)cc(C(C)(C)C)c1O. The molecule has 1 N–H and O–H groups in total. The van der Waals surface area contributed by atoms with Crippen LogP contribution >= 0.6 is 0 Å². The summed E-state index contributed by atoms with van der Waals surface area (Å²) in [6, 6.07) is 14.0. The van der Waals surface area contributed by atoms with E-state index >= 15 is 0 Å². The van der Waals surface area contributed by atoms with Crippen molar-refractivity contribution in [2.24, 2.45) is 0 Å². The van der Waals surface area contributed by atoms with Gasteiger partial charge < -0.3 is 14.6 Å². The molecular weight excluding hydrogens is 538 g/mol. The van der Waals surface area contributed by atoms with Crippen molar-refractivity contribution in [1.82, 2.24) is 4.90 Å². The van der Waals surface area contributed by atoms with Gasteiger partial charge in [-0.1, -0.05) is 84.0 Å². The van der Waals surface area contributed by atoms with Crippen LogP contribution in [-0.2, 0) is 42.7 Å². The fourth-order valence-corrected chi connectivity index (χ4v) is 6.60. The number of hydrogen-bond donors (Lipinski definition) is 1. The summed E-state index contributed by atoms with van der Waals surface area (Å²) in [4.78, 5) is 27.8. The van der Waals surface area contributed by atoms with Gasteiger partial charge in [0.25, 0.3) is 0 Å². The number of phenolic OH excluding ortho intramolecular Hbond substituents is 1. The molecular formula is C37H55NO5. The maximum Gasteiger partial charge on any atom is 0.306 e. The van der Waals surface area contributed by atoms with Gasteiger partial charge in [-0.05, 0) is 73.6 Å². The first kappa shape index (κ1) is 34.6. The summed E-state index contributed by atoms with van der Waals surface area (Å²) in [5.74, 6) is -0.0225. The van der Waals surface area contributed by atoms with Gasteiger partial charge in [0, 0.05) is 43.3 Å². The number of esters is 2. The van der Waals surface area contributed by atoms with Gasteiger partial charge in [-0.15, -0.1) is 0 Å². The molecule has 1 aliphatic heterocycles. The summed E-state index contributed by atoms with van der Waals surface area (Å²) < 4.78 is 11.7. The number of carbonyl (C=O) groups is 2. The summed E-state index contributed by atoms with van der Waals surface area (Å²) >= 11 is 0. The molecule has 238 valence electrons. The summed E-state index contributed by atoms with van der Waals surface area (Å²) in [5.41, 5.74) is 3.08. The van der Waals surface area contributed by atoms with Crippen LogP contribution in [0.4, 0.5) is 0 Å². The Bertz CT molecular complexity index is 1200. The first-order valence-corrected chi connectivity index (χ1v) is 15.8. The van der Waals surface area contributed by atoms with Crippen molar-refractivity contribution in [3.05, 3.63) is 64.7 Å². The van der Waals surface area contributed by atoms with Crippen LogP contribution in [0.5, 0.6) is 5.75 Å². The van der Waals surface area contributed by atoms with E-state index < -0.39 is 0 Å². The molecule has 1 aliphatic rings. The highest BCUT2D eigenvalue weighted by atomic mass is 16.5. The molecule has 0 amide bonds. The minimum absolute atomic E-state index is 0.179. The Morgan fingerprint density at radius 2 is 1.30 bits per heavy atom. The Hall–Kier alpha value is -2.86. The van der Waals surface area contributed by atoms with Gasteiger partial charge in [0.15, 0.2) is 0 Å². The lowest BCUT2D eigenvalue weighted by Crippen LogP contribution is -2.63. The Labute approximate surface area is 260 Å². The van der Waals surface area contributed by atoms with Crippen LogP contribution < -0.4 is 0 Å². The Kier molecular flexibility index (Phi) is 10.8. The van der Waals surface area contributed by atoms with Gasteiger partial charge in [0.2, 0.25) is 0 Å². The number of ether oxygens (including phenoxy) is 2. The molecule has 6 heteroatoms. The maximum atomic E-state index is 13.1. The third-order valence-corrected chi connectivity index (χ3v) is 8.66. The largest absolute Gasteiger partial charge is 0.507 e. The normalized spacial score (nSPS) is 17.4. The third-order valence-electron chi connectivity index (χ3n) is 8.66. The molecule has 0 aliphatic carbocycles. The number of piperidine rings is 1. The fourth-order valence-electron chi connectivity index (χ4n) is 6.60. The smallest absolute Gasteiger partial charge is 0.306 e. The number of nitrogens with zero attached hydrogens (tertiary/aromatic N) is 1. The molecule has 0 spiro atoms. The molecule has 6 nitrogen and oxygen atoms in total. The average Bonchev–Trinajstić information content (AvgIpc) is 2.87. The lowest BCUT2D eigenvalue weighted by molar-refractivity contribution is -0.163. The Morgan fingerprint density at radius 1 is 0.814 bits per heavy atom. The predicted octanol–water partition coefficient (Wildman–Crippen LogP) is 7.66. The van der Waals surface area contributed by atoms with Crippen molar-refractivity contribution < 1.29 is 24.2 Å². The average molecular weight is 594 g/mol. The van der Waals surface area contributed by atoms with E-state index in [1.807, 2.05) is 42.5 Å². The molecule has 1 fully saturated rings. The summed E-state index contributed by atoms with van der Waals surface area (Å²) in [6.07, 6.45) is 3.14. The van der Waals surface area contributed by atoms with Gasteiger partial charge in [0.1, 0.15) is 18.5 Å². The quantitative estimate of drug-likeness (QED) is 0.285. The number of likely N-dealkylation sites (tertiary alicyclic amines) is 1. The molecule has 0 bridgehead atoms. The monoisotopic (exact) mass is 593 g/mol. The number of phenols is 1. The van der Waals surface area contributed by atoms with Crippen molar-refractivity contribution in [1.29, 1.82) is 0 Å². The van der Waals surface area contributed by atoms with Crippen LogP contribution in [-0.4, -0.2) is 52.3 Å². The van der Waals surface area contributed by atoms with Gasteiger partial charge in [-0.25, -0.2) is 0 Å². The molecule has 1 saturated heterocycles. The summed E-state index contributed by atoms with van der Waals surface area (Å²) in [6.45, 7) is 22.2. The summed E-state index contributed by atoms with van der Waals surface area (Å²) in [5, 5.41) is 11.0. The molecule has 1 heterocycles. The lowest BCUT2D eigenvalue weighted by Gasteiger charge is -2.54. The zero-order valence-corrected chi connectivity index (χ0v) is 28.3. The predicted molar refractivity (Wildman–Crippen MR) is 174 cm³/mol. The third kappa shape index (κ3) is 9.56. The van der Waals surface area contributed by atoms with E-state index in [1.165, 1.54) is 0 Å². The van der Waals surface area contributed by atoms with Crippen LogP contribution in [0.15, 0.2) is 42.5 Å². The Morgan fingerprint density at radius 3 is 1.81 bits per heavy atom. The zero-order chi connectivity index (χ0) is 32.2. The number of aryl methyl sites for hydroxylation is 2. The number of rotatable bonds is 10. The van der Waals surface area contributed by atoms with Gasteiger partial charge >= 0.3 is 11.9 Å². The van der Waals surface area contributed by atoms with E-state index in [0.29, 0.717) is 51.0 Å². The van der Waals surface area contributed by atoms with E-state index in [1.54, 1.807) is 0 Å². The highest BCUT2D eigenvalue weighted by Gasteiger charge is 2.46. The second-order valence-electron chi connectivity index (χ2n) is 15.5. The minimum atomic E-state index is -0.233. The van der Waals surface area contributed by atoms with E-state index in [9.17, 15) is 14.7 Å². The van der Waals surface area contributed by atoms with Gasteiger partial charge in [-0.3, -0.25) is 14.5 Å². The minimum Gasteiger partial charge on any atom is -0.507 e. The van der Waals surface area contributed by atoms with Crippen molar-refractivity contribution in [3.63, 3.8) is 0 Å². The van der Waals surface area contributed by atoms with Gasteiger partial charge in [0.05, 0.1) is 0 Å². The highest BCUT2D eigenvalue weighted by molar-refractivity contribution is 5.70. The van der Waals surface area contributed by atoms with E-state index in [0.717, 1.165) is 22.3 Å². The molecule has 2 aromatic carbocycles. The highest BCUT2D eigenvalue weighted by Crippen LogP contribution is 2.41. The van der Waals surface area contributed by atoms with Crippen molar-refractivity contribution in [2.75, 3.05) is 13.2 Å². The molecule has 0 radical (unpaired) electrons. The molecule has 2 aromatic rings. The fraction of sp³-hybridized carbons (Fsp3) is 0.622. The van der Waals surface area contributed by atoms with E-state index in [-0.39, 0.29) is 46.4 Å². The topological polar surface area (TPSA) is 76.1 Å². The van der Waals surface area contributed by atoms with Crippen molar-refractivity contribution >= 4 is 11.9 Å². The number of aromatic hydroxyl groups is 1. The lowest BCUT2D eigenvalue weighted by atomic mass is 9.78. The molecule has 0 unspecified atom stereocenters. The number of carbonyl (C=O) groups excluding carboxylic acids is 2. The standard InChI is InChI=1S/C37H55NO5/c1-34(2,3)29-22-27(23-30(33(29)41)35(4,5)6)17-19-32(40)43-28-24-36(7,8)38(37(9,10)25-28)20-21-42-31(39)18-16-26-14-12-11-13-15-26/h11-15,22-23,28,41H,16-21,24-25H2,1-10H3. The van der Waals surface area contributed by atoms with Gasteiger partial charge in [-0.2, -0.15) is 0 Å². The summed E-state index contributed by atoms with van der Waals surface area (Å²) in [7, 11) is 0. The number of hydrogen-bond acceptors (Lipinski definition) is 6. The van der Waals surface area contributed by atoms with E-state index in [2.05, 4.69) is 74.1 Å². The molecule has 0 saturated carbocycles. The first-order valence-electron chi connectivity index (χ1n) is 15.8. The molecule has 0 aromatic heterocycles. The maximum absolute atomic E-state index is 13.1. The van der Waals surface area contributed by atoms with Crippen molar-refractivity contribution in [2.45, 2.75) is 136 Å². The zero-order valence-electron chi connectivity index (χ0n) is 28.3. The second kappa shape index (κ2) is 13.4. The molecule has 0 atom stereocenters. The molecule has 3 rings (SSSR count). The van der Waals surface area contributed by atoms with Crippen molar-refractivity contribution in [3.8, 4) is 5.75 Å². The first-order chi connectivity index (χ1) is 19.8. The Balaban J connectivity index is 1.56.